The highest BCUT2D eigenvalue weighted by molar-refractivity contribution is 8.24. The Kier molecular flexibility index (Phi) is 17.6. The number of aryl methyl sites for hydroxylation is 1. The van der Waals surface area contributed by atoms with Crippen LogP contribution in [0.2, 0.25) is 4.47 Å². The van der Waals surface area contributed by atoms with Crippen molar-refractivity contribution in [2.24, 2.45) is 5.73 Å². The van der Waals surface area contributed by atoms with E-state index in [2.05, 4.69) is 9.36 Å². The maximum absolute atomic E-state index is 6.28. The molecule has 0 amide bonds. The highest BCUT2D eigenvalue weighted by Gasteiger charge is 2.17. The summed E-state index contributed by atoms with van der Waals surface area (Å²) in [4.78, 5) is 3.78. The number of rotatable bonds is 0. The molecule has 0 unspecified atom stereocenters. The normalized spacial score (nSPS) is 9.06. The number of hydrogen-bond donors (Lipinski definition) is 2. The van der Waals surface area contributed by atoms with Gasteiger partial charge in [0.15, 0.2) is 0 Å². The van der Waals surface area contributed by atoms with E-state index < -0.39 is 3.12 Å². The Labute approximate surface area is 144 Å². The summed E-state index contributed by atoms with van der Waals surface area (Å²) in [5.74, 6) is 0.912. The fourth-order valence-electron chi connectivity index (χ4n) is 0.272. The first-order valence-electron chi connectivity index (χ1n) is 3.71. The number of halogens is 6. The van der Waals surface area contributed by atoms with Gasteiger partial charge in [-0.2, -0.15) is 4.37 Å². The molecule has 1 aromatic heterocycles. The van der Waals surface area contributed by atoms with Gasteiger partial charge in [-0.25, -0.2) is 4.98 Å². The van der Waals surface area contributed by atoms with Crippen LogP contribution in [0.4, 0.5) is 0 Å². The van der Waals surface area contributed by atoms with Crippen LogP contribution >= 0.6 is 92.0 Å². The molecule has 1 heterocycles. The Morgan fingerprint density at radius 3 is 1.83 bits per heavy atom. The lowest BCUT2D eigenvalue weighted by Crippen LogP contribution is -2.00. The van der Waals surface area contributed by atoms with Crippen LogP contribution in [-0.2, 0) is 0 Å². The quantitative estimate of drug-likeness (QED) is 0.353. The summed E-state index contributed by atoms with van der Waals surface area (Å²) in [7, 11) is 5.65. The van der Waals surface area contributed by atoms with Crippen molar-refractivity contribution in [2.75, 3.05) is 0 Å². The molecule has 1 rings (SSSR count). The van der Waals surface area contributed by atoms with E-state index in [-0.39, 0.29) is 18.2 Å². The molecule has 4 nitrogen and oxygen atoms in total. The summed E-state index contributed by atoms with van der Waals surface area (Å²) in [5, 5.41) is 6.28. The van der Waals surface area contributed by atoms with Gasteiger partial charge in [-0.05, 0) is 47.7 Å². The van der Waals surface area contributed by atoms with E-state index in [4.69, 9.17) is 68.2 Å². The minimum absolute atomic E-state index is 0. The SMILES string of the molecule is CC(=N)N.Cc1nsc(Cl)n1.Cl.ClSC(Cl)(Cl)Cl. The number of nitrogens with one attached hydrogen (secondary N) is 1. The molecule has 0 fully saturated rings. The third kappa shape index (κ3) is 25.8. The molecule has 12 heteroatoms. The van der Waals surface area contributed by atoms with E-state index in [1.807, 2.05) is 6.92 Å². The summed E-state index contributed by atoms with van der Waals surface area (Å²) in [6.45, 7) is 3.34. The summed E-state index contributed by atoms with van der Waals surface area (Å²) in [6.07, 6.45) is 0. The second-order valence-electron chi connectivity index (χ2n) is 2.30. The Hall–Kier alpha value is 1.12. The molecule has 0 bridgehead atoms. The van der Waals surface area contributed by atoms with Gasteiger partial charge >= 0.3 is 0 Å². The summed E-state index contributed by atoms with van der Waals surface area (Å²) >= 11 is 21.9. The predicted octanol–water partition coefficient (Wildman–Crippen LogP) is 5.07. The molecule has 0 aliphatic carbocycles. The number of hydrogen-bond acceptors (Lipinski definition) is 5. The standard InChI is InChI=1S/C3H3ClN2S.C2H6N2.CCl4S.ClH/c1-2-5-3(4)7-6-2;1-2(3)4;2-1(3,4)6-5;/h1H3;1H3,(H3,3,4);;1H. The Morgan fingerprint density at radius 1 is 1.44 bits per heavy atom. The topological polar surface area (TPSA) is 75.7 Å². The molecule has 1 aromatic rings. The van der Waals surface area contributed by atoms with E-state index in [9.17, 15) is 0 Å². The molecular formula is C6H10Cl6N4S2. The van der Waals surface area contributed by atoms with Crippen molar-refractivity contribution in [3.63, 3.8) is 0 Å². The minimum Gasteiger partial charge on any atom is -0.388 e. The summed E-state index contributed by atoms with van der Waals surface area (Å²) in [5.41, 5.74) is 4.69. The minimum atomic E-state index is -1.36. The molecular weight excluding hydrogens is 405 g/mol. The van der Waals surface area contributed by atoms with Crippen LogP contribution < -0.4 is 5.73 Å². The first kappa shape index (κ1) is 24.2. The number of aromatic nitrogens is 2. The molecule has 0 aliphatic rings. The van der Waals surface area contributed by atoms with E-state index in [0.29, 0.717) is 15.4 Å². The molecule has 0 spiro atoms. The van der Waals surface area contributed by atoms with E-state index in [0.717, 1.165) is 5.82 Å². The van der Waals surface area contributed by atoms with Gasteiger partial charge in [0.2, 0.25) is 4.47 Å². The molecule has 0 aliphatic heterocycles. The van der Waals surface area contributed by atoms with Crippen LogP contribution in [0.3, 0.4) is 0 Å². The average Bonchev–Trinajstić information content (AvgIpc) is 2.49. The second-order valence-corrected chi connectivity index (χ2v) is 7.82. The van der Waals surface area contributed by atoms with Gasteiger partial charge in [-0.1, -0.05) is 34.8 Å². The molecule has 0 saturated heterocycles. The van der Waals surface area contributed by atoms with Crippen molar-refractivity contribution >= 4 is 97.8 Å². The van der Waals surface area contributed by atoms with Gasteiger partial charge in [-0.3, -0.25) is 5.41 Å². The van der Waals surface area contributed by atoms with Gasteiger partial charge in [0.1, 0.15) is 5.82 Å². The van der Waals surface area contributed by atoms with Crippen LogP contribution in [-0.4, -0.2) is 18.3 Å². The van der Waals surface area contributed by atoms with E-state index >= 15 is 0 Å². The van der Waals surface area contributed by atoms with Crippen molar-refractivity contribution in [2.45, 2.75) is 17.0 Å². The zero-order valence-electron chi connectivity index (χ0n) is 9.09. The monoisotopic (exact) mass is 412 g/mol. The maximum Gasteiger partial charge on any atom is 0.251 e. The molecule has 0 saturated carbocycles. The Bertz CT molecular complexity index is 308. The number of nitrogens with zero attached hydrogens (tertiary/aromatic N) is 2. The highest BCUT2D eigenvalue weighted by atomic mass is 35.7. The first-order chi connectivity index (χ1) is 7.58. The largest absolute Gasteiger partial charge is 0.388 e. The molecule has 0 atom stereocenters. The van der Waals surface area contributed by atoms with Crippen molar-refractivity contribution in [1.29, 1.82) is 5.41 Å². The smallest absolute Gasteiger partial charge is 0.251 e. The lowest BCUT2D eigenvalue weighted by atomic mass is 10.8. The maximum atomic E-state index is 6.28. The van der Waals surface area contributed by atoms with Gasteiger partial charge in [0.25, 0.3) is 3.12 Å². The number of alkyl halides is 3. The van der Waals surface area contributed by atoms with Gasteiger partial charge in [0.05, 0.1) is 5.84 Å². The fraction of sp³-hybridized carbons (Fsp3) is 0.500. The summed E-state index contributed by atoms with van der Waals surface area (Å²) < 4.78 is 2.97. The van der Waals surface area contributed by atoms with E-state index in [1.165, 1.54) is 18.5 Å². The second kappa shape index (κ2) is 13.1. The Morgan fingerprint density at radius 2 is 1.78 bits per heavy atom. The van der Waals surface area contributed by atoms with Crippen molar-refractivity contribution in [3.05, 3.63) is 10.3 Å². The fourth-order valence-corrected chi connectivity index (χ4v) is 0.919. The molecule has 18 heavy (non-hydrogen) atoms. The van der Waals surface area contributed by atoms with Crippen LogP contribution in [0, 0.1) is 12.3 Å². The highest BCUT2D eigenvalue weighted by Crippen LogP contribution is 2.40. The Balaban J connectivity index is -0.000000190. The zero-order chi connectivity index (χ0) is 14.1. The van der Waals surface area contributed by atoms with Crippen molar-refractivity contribution < 1.29 is 0 Å². The zero-order valence-corrected chi connectivity index (χ0v) is 15.3. The average molecular weight is 415 g/mol. The molecule has 3 N–H and O–H groups in total. The van der Waals surface area contributed by atoms with Gasteiger partial charge in [0, 0.05) is 11.0 Å². The number of nitrogens with two attached hydrogens (primary N) is 1. The number of amidine groups is 1. The first-order valence-corrected chi connectivity index (χ1v) is 7.64. The van der Waals surface area contributed by atoms with Crippen LogP contribution in [0.15, 0.2) is 0 Å². The summed E-state index contributed by atoms with van der Waals surface area (Å²) in [6, 6.07) is 0. The molecule has 0 radical (unpaired) electrons. The van der Waals surface area contributed by atoms with Gasteiger partial charge < -0.3 is 5.73 Å². The van der Waals surface area contributed by atoms with Gasteiger partial charge in [-0.15, -0.1) is 12.4 Å². The third-order valence-corrected chi connectivity index (χ3v) is 3.75. The third-order valence-electron chi connectivity index (χ3n) is 0.590. The molecule has 0 aromatic carbocycles. The van der Waals surface area contributed by atoms with Crippen LogP contribution in [0.1, 0.15) is 12.7 Å². The lowest BCUT2D eigenvalue weighted by Gasteiger charge is -1.99. The van der Waals surface area contributed by atoms with Crippen LogP contribution in [0.5, 0.6) is 0 Å². The molecule has 108 valence electrons. The predicted molar refractivity (Wildman–Crippen MR) is 88.2 cm³/mol. The van der Waals surface area contributed by atoms with E-state index in [1.54, 1.807) is 0 Å². The van der Waals surface area contributed by atoms with Crippen molar-refractivity contribution in [1.82, 2.24) is 9.36 Å². The van der Waals surface area contributed by atoms with Crippen LogP contribution in [0.25, 0.3) is 0 Å². The van der Waals surface area contributed by atoms with Crippen molar-refractivity contribution in [3.8, 4) is 0 Å². The lowest BCUT2D eigenvalue weighted by molar-refractivity contribution is 1.17.